The molecule has 118 valence electrons. The Morgan fingerprint density at radius 3 is 2.45 bits per heavy atom. The Kier molecular flexibility index (Phi) is 4.46. The summed E-state index contributed by atoms with van der Waals surface area (Å²) in [6, 6.07) is 3.15. The van der Waals surface area contributed by atoms with E-state index in [-0.39, 0.29) is 17.2 Å². The third kappa shape index (κ3) is 3.41. The molecule has 2 rings (SSSR count). The largest absolute Gasteiger partial charge is 0.476 e. The van der Waals surface area contributed by atoms with Crippen LogP contribution in [0.15, 0.2) is 17.5 Å². The Morgan fingerprint density at radius 2 is 2.00 bits per heavy atom. The Morgan fingerprint density at radius 1 is 1.32 bits per heavy atom. The number of hydrogen-bond donors (Lipinski definition) is 1. The van der Waals surface area contributed by atoms with E-state index in [1.807, 2.05) is 18.9 Å². The van der Waals surface area contributed by atoms with Crippen molar-refractivity contribution in [1.82, 2.24) is 15.2 Å². The summed E-state index contributed by atoms with van der Waals surface area (Å²) in [5.74, 6) is -0.463. The molecule has 0 aliphatic heterocycles. The van der Waals surface area contributed by atoms with E-state index in [4.69, 9.17) is 10.1 Å². The fraction of sp³-hybridized carbons (Fsp3) is 0.467. The molecule has 1 N–H and O–H groups in total. The monoisotopic (exact) mass is 320 g/mol. The molecule has 0 spiro atoms. The third-order valence-electron chi connectivity index (χ3n) is 3.46. The number of hydrogen-bond acceptors (Lipinski definition) is 6. The van der Waals surface area contributed by atoms with Crippen molar-refractivity contribution in [2.45, 2.75) is 39.2 Å². The Hall–Kier alpha value is -2.02. The molecule has 1 atom stereocenters. The maximum Gasteiger partial charge on any atom is 0.356 e. The van der Waals surface area contributed by atoms with Gasteiger partial charge in [-0.05, 0) is 19.1 Å². The van der Waals surface area contributed by atoms with Crippen LogP contribution < -0.4 is 4.90 Å². The van der Waals surface area contributed by atoms with Gasteiger partial charge in [-0.1, -0.05) is 20.8 Å². The summed E-state index contributed by atoms with van der Waals surface area (Å²) in [6.45, 7) is 8.45. The quantitative estimate of drug-likeness (QED) is 0.932. The normalized spacial score (nSPS) is 13.0. The first-order chi connectivity index (χ1) is 10.2. The van der Waals surface area contributed by atoms with Crippen LogP contribution in [0, 0.1) is 0 Å². The van der Waals surface area contributed by atoms with Gasteiger partial charge >= 0.3 is 5.97 Å². The van der Waals surface area contributed by atoms with Gasteiger partial charge in [0.05, 0.1) is 11.7 Å². The van der Waals surface area contributed by atoms with Crippen LogP contribution in [0.2, 0.25) is 0 Å². The molecule has 0 saturated carbocycles. The molecule has 0 saturated heterocycles. The standard InChI is InChI=1S/C15H20N4O2S/c1-9(13-16-11(8-22-13)15(2,3)4)19(5)12-7-6-10(14(20)21)17-18-12/h6-9H,1-5H3,(H,20,21). The number of carbonyl (C=O) groups is 1. The van der Waals surface area contributed by atoms with Gasteiger partial charge in [-0.15, -0.1) is 21.5 Å². The summed E-state index contributed by atoms with van der Waals surface area (Å²) in [5.41, 5.74) is 1.03. The Labute approximate surface area is 133 Å². The van der Waals surface area contributed by atoms with Gasteiger partial charge in [0.15, 0.2) is 11.5 Å². The lowest BCUT2D eigenvalue weighted by Gasteiger charge is -2.24. The molecule has 2 heterocycles. The van der Waals surface area contributed by atoms with Gasteiger partial charge in [0.1, 0.15) is 5.01 Å². The van der Waals surface area contributed by atoms with Crippen molar-refractivity contribution >= 4 is 23.1 Å². The first-order valence-corrected chi connectivity index (χ1v) is 7.84. The number of nitrogens with zero attached hydrogens (tertiary/aromatic N) is 4. The van der Waals surface area contributed by atoms with Crippen molar-refractivity contribution in [2.75, 3.05) is 11.9 Å². The molecule has 0 aliphatic rings. The topological polar surface area (TPSA) is 79.2 Å². The SMILES string of the molecule is CC(c1nc(C(C)(C)C)cs1)N(C)c1ccc(C(=O)O)nn1. The third-order valence-corrected chi connectivity index (χ3v) is 4.47. The molecule has 2 aromatic rings. The van der Waals surface area contributed by atoms with Gasteiger partial charge < -0.3 is 10.0 Å². The zero-order chi connectivity index (χ0) is 16.5. The second kappa shape index (κ2) is 6.00. The highest BCUT2D eigenvalue weighted by Gasteiger charge is 2.22. The van der Waals surface area contributed by atoms with Crippen molar-refractivity contribution in [3.05, 3.63) is 33.9 Å². The molecule has 0 radical (unpaired) electrons. The molecule has 2 aromatic heterocycles. The summed E-state index contributed by atoms with van der Waals surface area (Å²) >= 11 is 1.62. The molecule has 1 unspecified atom stereocenters. The van der Waals surface area contributed by atoms with E-state index in [0.717, 1.165) is 10.7 Å². The average molecular weight is 320 g/mol. The van der Waals surface area contributed by atoms with Gasteiger partial charge in [0.2, 0.25) is 0 Å². The summed E-state index contributed by atoms with van der Waals surface area (Å²) in [4.78, 5) is 17.5. The van der Waals surface area contributed by atoms with E-state index in [1.165, 1.54) is 6.07 Å². The molecule has 0 fully saturated rings. The highest BCUT2D eigenvalue weighted by Crippen LogP contribution is 2.30. The summed E-state index contributed by atoms with van der Waals surface area (Å²) < 4.78 is 0. The lowest BCUT2D eigenvalue weighted by molar-refractivity contribution is 0.0689. The number of carboxylic acid groups (broad SMARTS) is 1. The fourth-order valence-electron chi connectivity index (χ4n) is 1.82. The minimum atomic E-state index is -1.08. The molecule has 0 aromatic carbocycles. The van der Waals surface area contributed by atoms with Gasteiger partial charge in [0.25, 0.3) is 0 Å². The minimum Gasteiger partial charge on any atom is -0.476 e. The van der Waals surface area contributed by atoms with Gasteiger partial charge in [-0.25, -0.2) is 9.78 Å². The van der Waals surface area contributed by atoms with E-state index in [9.17, 15) is 4.79 Å². The van der Waals surface area contributed by atoms with Gasteiger partial charge in [-0.2, -0.15) is 0 Å². The molecule has 22 heavy (non-hydrogen) atoms. The molecule has 0 bridgehead atoms. The molecule has 0 amide bonds. The first kappa shape index (κ1) is 16.4. The lowest BCUT2D eigenvalue weighted by Crippen LogP contribution is -2.23. The van der Waals surface area contributed by atoms with Crippen molar-refractivity contribution in [3.8, 4) is 0 Å². The van der Waals surface area contributed by atoms with Crippen LogP contribution in [0.25, 0.3) is 0 Å². The highest BCUT2D eigenvalue weighted by molar-refractivity contribution is 7.09. The first-order valence-electron chi connectivity index (χ1n) is 6.96. The molecule has 7 heteroatoms. The van der Waals surface area contributed by atoms with Crippen molar-refractivity contribution in [2.24, 2.45) is 0 Å². The average Bonchev–Trinajstić information content (AvgIpc) is 2.95. The molecule has 0 aliphatic carbocycles. The van der Waals surface area contributed by atoms with Crippen LogP contribution in [0.5, 0.6) is 0 Å². The lowest BCUT2D eigenvalue weighted by atomic mass is 9.93. The van der Waals surface area contributed by atoms with E-state index in [0.29, 0.717) is 5.82 Å². The second-order valence-electron chi connectivity index (χ2n) is 6.19. The van der Waals surface area contributed by atoms with Crippen LogP contribution in [0.4, 0.5) is 5.82 Å². The number of rotatable bonds is 4. The highest BCUT2D eigenvalue weighted by atomic mass is 32.1. The van der Waals surface area contributed by atoms with E-state index >= 15 is 0 Å². The smallest absolute Gasteiger partial charge is 0.356 e. The predicted molar refractivity (Wildman–Crippen MR) is 86.6 cm³/mol. The van der Waals surface area contributed by atoms with Crippen LogP contribution >= 0.6 is 11.3 Å². The number of aromatic carboxylic acids is 1. The van der Waals surface area contributed by atoms with Gasteiger partial charge in [0, 0.05) is 17.8 Å². The number of carboxylic acids is 1. The Balaban J connectivity index is 2.19. The predicted octanol–water partition coefficient (Wildman–Crippen LogP) is 3.13. The van der Waals surface area contributed by atoms with E-state index in [2.05, 4.69) is 36.3 Å². The van der Waals surface area contributed by atoms with Crippen LogP contribution in [-0.4, -0.2) is 33.3 Å². The van der Waals surface area contributed by atoms with Crippen molar-refractivity contribution in [3.63, 3.8) is 0 Å². The summed E-state index contributed by atoms with van der Waals surface area (Å²) in [7, 11) is 1.90. The molecular formula is C15H20N4O2S. The van der Waals surface area contributed by atoms with Crippen LogP contribution in [0.1, 0.15) is 54.9 Å². The van der Waals surface area contributed by atoms with Gasteiger partial charge in [-0.3, -0.25) is 0 Å². The number of aromatic nitrogens is 3. The zero-order valence-electron chi connectivity index (χ0n) is 13.4. The molecular weight excluding hydrogens is 300 g/mol. The second-order valence-corrected chi connectivity index (χ2v) is 7.08. The zero-order valence-corrected chi connectivity index (χ0v) is 14.2. The summed E-state index contributed by atoms with van der Waals surface area (Å²) in [5, 5.41) is 19.6. The van der Waals surface area contributed by atoms with Crippen molar-refractivity contribution in [1.29, 1.82) is 0 Å². The number of thiazole rings is 1. The maximum absolute atomic E-state index is 10.8. The molecule has 6 nitrogen and oxygen atoms in total. The Bertz CT molecular complexity index is 661. The van der Waals surface area contributed by atoms with Crippen molar-refractivity contribution < 1.29 is 9.90 Å². The fourth-order valence-corrected chi connectivity index (χ4v) is 2.96. The maximum atomic E-state index is 10.8. The van der Waals surface area contributed by atoms with Crippen LogP contribution in [0.3, 0.4) is 0 Å². The summed E-state index contributed by atoms with van der Waals surface area (Å²) in [6.07, 6.45) is 0. The van der Waals surface area contributed by atoms with Crippen LogP contribution in [-0.2, 0) is 5.41 Å². The minimum absolute atomic E-state index is 0.0238. The number of anilines is 1. The van der Waals surface area contributed by atoms with E-state index in [1.54, 1.807) is 17.4 Å². The van der Waals surface area contributed by atoms with E-state index < -0.39 is 5.97 Å².